The van der Waals surface area contributed by atoms with Crippen LogP contribution < -0.4 is 15.0 Å². The Morgan fingerprint density at radius 3 is 2.83 bits per heavy atom. The van der Waals surface area contributed by atoms with Crippen LogP contribution >= 0.6 is 0 Å². The highest BCUT2D eigenvalue weighted by molar-refractivity contribution is 6.01. The van der Waals surface area contributed by atoms with Crippen molar-refractivity contribution in [1.82, 2.24) is 20.3 Å². The summed E-state index contributed by atoms with van der Waals surface area (Å²) in [5.41, 5.74) is 1.19. The number of nitrogens with one attached hydrogen (secondary N) is 1. The number of benzene rings is 1. The normalized spacial score (nSPS) is 15.8. The van der Waals surface area contributed by atoms with Crippen molar-refractivity contribution in [3.63, 3.8) is 0 Å². The summed E-state index contributed by atoms with van der Waals surface area (Å²) in [5.74, 6) is -0.866. The van der Waals surface area contributed by atoms with Crippen LogP contribution in [0.3, 0.4) is 0 Å². The minimum atomic E-state index is -0.960. The largest absolute Gasteiger partial charge is 0.487 e. The van der Waals surface area contributed by atoms with E-state index in [0.717, 1.165) is 0 Å². The number of fused-ring (bicyclic) bond motifs is 1. The molecule has 0 bridgehead atoms. The number of aromatic nitrogens is 3. The number of rotatable bonds is 3. The molecule has 8 nitrogen and oxygen atoms in total. The van der Waals surface area contributed by atoms with E-state index in [-0.39, 0.29) is 23.9 Å². The molecule has 1 aliphatic rings. The van der Waals surface area contributed by atoms with Gasteiger partial charge in [0.2, 0.25) is 5.82 Å². The van der Waals surface area contributed by atoms with Crippen LogP contribution in [0.4, 0.5) is 10.2 Å². The first-order valence-corrected chi connectivity index (χ1v) is 9.20. The lowest BCUT2D eigenvalue weighted by molar-refractivity contribution is -0.120. The van der Waals surface area contributed by atoms with Crippen LogP contribution in [0.1, 0.15) is 16.2 Å². The molecule has 1 aliphatic heterocycles. The third kappa shape index (κ3) is 3.57. The Labute approximate surface area is 171 Å². The number of anilines is 1. The van der Waals surface area contributed by atoms with Crippen molar-refractivity contribution in [2.45, 2.75) is 13.0 Å². The second-order valence-electron chi connectivity index (χ2n) is 6.76. The van der Waals surface area contributed by atoms with Crippen LogP contribution in [0.15, 0.2) is 48.8 Å². The third-order valence-electron chi connectivity index (χ3n) is 4.71. The molecule has 2 amide bonds. The number of carbonyl (C=O) groups is 2. The van der Waals surface area contributed by atoms with Crippen LogP contribution in [0, 0.1) is 12.7 Å². The molecule has 1 N–H and O–H groups in total. The second-order valence-corrected chi connectivity index (χ2v) is 6.76. The summed E-state index contributed by atoms with van der Waals surface area (Å²) < 4.78 is 19.8. The third-order valence-corrected chi connectivity index (χ3v) is 4.71. The Kier molecular flexibility index (Phi) is 5.09. The number of pyridine rings is 1. The maximum Gasteiger partial charge on any atom is 0.289 e. The van der Waals surface area contributed by atoms with Crippen molar-refractivity contribution < 1.29 is 18.7 Å². The van der Waals surface area contributed by atoms with E-state index >= 15 is 0 Å². The van der Waals surface area contributed by atoms with Gasteiger partial charge in [0, 0.05) is 25.0 Å². The van der Waals surface area contributed by atoms with Crippen molar-refractivity contribution in [3.8, 4) is 17.0 Å². The Hall–Kier alpha value is -3.88. The van der Waals surface area contributed by atoms with Gasteiger partial charge in [-0.25, -0.2) is 19.3 Å². The zero-order valence-electron chi connectivity index (χ0n) is 16.3. The number of hydrogen-bond donors (Lipinski definition) is 1. The highest BCUT2D eigenvalue weighted by atomic mass is 19.1. The van der Waals surface area contributed by atoms with Gasteiger partial charge in [0.05, 0.1) is 5.69 Å². The minimum absolute atomic E-state index is 0.0698. The molecule has 3 heterocycles. The number of halogens is 1. The molecule has 4 rings (SSSR count). The Balaban J connectivity index is 1.58. The molecule has 1 unspecified atom stereocenters. The van der Waals surface area contributed by atoms with Gasteiger partial charge in [-0.15, -0.1) is 0 Å². The predicted molar refractivity (Wildman–Crippen MR) is 107 cm³/mol. The first-order chi connectivity index (χ1) is 14.5. The Bertz CT molecular complexity index is 1140. The van der Waals surface area contributed by atoms with Gasteiger partial charge in [-0.05, 0) is 36.8 Å². The van der Waals surface area contributed by atoms with Gasteiger partial charge in [-0.1, -0.05) is 12.1 Å². The molecule has 1 atom stereocenters. The second kappa shape index (κ2) is 7.86. The predicted octanol–water partition coefficient (Wildman–Crippen LogP) is 2.14. The van der Waals surface area contributed by atoms with Gasteiger partial charge < -0.3 is 10.1 Å². The van der Waals surface area contributed by atoms with Crippen molar-refractivity contribution in [3.05, 3.63) is 66.0 Å². The zero-order valence-corrected chi connectivity index (χ0v) is 16.3. The Morgan fingerprint density at radius 1 is 1.23 bits per heavy atom. The molecule has 30 heavy (non-hydrogen) atoms. The van der Waals surface area contributed by atoms with Crippen LogP contribution in [0.2, 0.25) is 0 Å². The van der Waals surface area contributed by atoms with Gasteiger partial charge >= 0.3 is 0 Å². The standard InChI is InChI=1S/C21H18FN5O3/c1-12-10-24-18(26-17(12)13-6-3-4-7-14(13)22)20(28)25-15-11-30-16-8-5-9-23-19(16)27(2)21(15)29/h3-10,15H,11H2,1-2H3,(H,25,28). The van der Waals surface area contributed by atoms with Gasteiger partial charge in [0.1, 0.15) is 18.5 Å². The van der Waals surface area contributed by atoms with Gasteiger partial charge in [0.15, 0.2) is 11.6 Å². The summed E-state index contributed by atoms with van der Waals surface area (Å²) in [4.78, 5) is 39.3. The SMILES string of the molecule is Cc1cnc(C(=O)NC2COc3cccnc3N(C)C2=O)nc1-c1ccccc1F. The number of carbonyl (C=O) groups excluding carboxylic acids is 2. The number of amides is 2. The quantitative estimate of drug-likeness (QED) is 0.715. The summed E-state index contributed by atoms with van der Waals surface area (Å²) in [7, 11) is 1.56. The van der Waals surface area contributed by atoms with Crippen molar-refractivity contribution in [2.75, 3.05) is 18.6 Å². The van der Waals surface area contributed by atoms with E-state index < -0.39 is 17.8 Å². The van der Waals surface area contributed by atoms with E-state index in [1.165, 1.54) is 17.2 Å². The highest BCUT2D eigenvalue weighted by Crippen LogP contribution is 2.27. The fourth-order valence-corrected chi connectivity index (χ4v) is 3.13. The number of ether oxygens (including phenoxy) is 1. The van der Waals surface area contributed by atoms with Crippen LogP contribution in [-0.2, 0) is 4.79 Å². The maximum absolute atomic E-state index is 14.2. The minimum Gasteiger partial charge on any atom is -0.487 e. The first kappa shape index (κ1) is 19.4. The summed E-state index contributed by atoms with van der Waals surface area (Å²) in [6, 6.07) is 8.58. The molecule has 0 saturated heterocycles. The average molecular weight is 407 g/mol. The fraction of sp³-hybridized carbons (Fsp3) is 0.190. The fourth-order valence-electron chi connectivity index (χ4n) is 3.13. The molecule has 2 aromatic heterocycles. The smallest absolute Gasteiger partial charge is 0.289 e. The molecule has 9 heteroatoms. The first-order valence-electron chi connectivity index (χ1n) is 9.20. The summed E-state index contributed by atoms with van der Waals surface area (Å²) in [5, 5.41) is 2.60. The van der Waals surface area contributed by atoms with E-state index in [2.05, 4.69) is 20.3 Å². The van der Waals surface area contributed by atoms with Gasteiger partial charge in [-0.3, -0.25) is 14.5 Å². The monoisotopic (exact) mass is 407 g/mol. The van der Waals surface area contributed by atoms with E-state index in [9.17, 15) is 14.0 Å². The van der Waals surface area contributed by atoms with E-state index in [0.29, 0.717) is 22.8 Å². The van der Waals surface area contributed by atoms with Crippen LogP contribution in [-0.4, -0.2) is 46.5 Å². The summed E-state index contributed by atoms with van der Waals surface area (Å²) >= 11 is 0. The lowest BCUT2D eigenvalue weighted by Crippen LogP contribution is -2.49. The molecule has 1 aromatic carbocycles. The topological polar surface area (TPSA) is 97.3 Å². The molecule has 152 valence electrons. The van der Waals surface area contributed by atoms with E-state index in [4.69, 9.17) is 4.74 Å². The van der Waals surface area contributed by atoms with Gasteiger partial charge in [0.25, 0.3) is 11.8 Å². The highest BCUT2D eigenvalue weighted by Gasteiger charge is 2.32. The number of nitrogens with zero attached hydrogens (tertiary/aromatic N) is 4. The number of hydrogen-bond acceptors (Lipinski definition) is 6. The molecule has 3 aromatic rings. The van der Waals surface area contributed by atoms with Crippen LogP contribution in [0.25, 0.3) is 11.3 Å². The van der Waals surface area contributed by atoms with Crippen molar-refractivity contribution in [1.29, 1.82) is 0 Å². The van der Waals surface area contributed by atoms with E-state index in [1.54, 1.807) is 50.5 Å². The summed E-state index contributed by atoms with van der Waals surface area (Å²) in [6.07, 6.45) is 3.00. The molecule has 0 saturated carbocycles. The molecule has 0 aliphatic carbocycles. The lowest BCUT2D eigenvalue weighted by atomic mass is 10.1. The number of aryl methyl sites for hydroxylation is 1. The molecule has 0 spiro atoms. The maximum atomic E-state index is 14.2. The molecule has 0 radical (unpaired) electrons. The molecule has 0 fully saturated rings. The van der Waals surface area contributed by atoms with Crippen molar-refractivity contribution in [2.24, 2.45) is 0 Å². The zero-order chi connectivity index (χ0) is 21.3. The summed E-state index contributed by atoms with van der Waals surface area (Å²) in [6.45, 7) is 1.66. The average Bonchev–Trinajstić information content (AvgIpc) is 2.87. The van der Waals surface area contributed by atoms with E-state index in [1.807, 2.05) is 0 Å². The van der Waals surface area contributed by atoms with Gasteiger partial charge in [-0.2, -0.15) is 0 Å². The van der Waals surface area contributed by atoms with Crippen molar-refractivity contribution >= 4 is 17.6 Å². The molecular formula is C21H18FN5O3. The number of likely N-dealkylation sites (N-methyl/N-ethyl adjacent to an activating group) is 1. The molecular weight excluding hydrogens is 389 g/mol. The lowest BCUT2D eigenvalue weighted by Gasteiger charge is -2.19. The Morgan fingerprint density at radius 2 is 2.03 bits per heavy atom. The van der Waals surface area contributed by atoms with Crippen LogP contribution in [0.5, 0.6) is 5.75 Å².